The Kier molecular flexibility index (Phi) is 5.44. The van der Waals surface area contributed by atoms with Crippen LogP contribution in [-0.2, 0) is 11.2 Å². The van der Waals surface area contributed by atoms with Gasteiger partial charge in [0.15, 0.2) is 0 Å². The van der Waals surface area contributed by atoms with Gasteiger partial charge in [0, 0.05) is 18.4 Å². The van der Waals surface area contributed by atoms with Crippen molar-refractivity contribution >= 4 is 21.7 Å². The second-order valence-corrected chi connectivity index (χ2v) is 7.09. The fraction of sp³-hybridized carbons (Fsp3) is 0.588. The van der Waals surface area contributed by atoms with Crippen molar-refractivity contribution in [3.05, 3.63) is 28.2 Å². The molecule has 0 bridgehead atoms. The van der Waals surface area contributed by atoms with Crippen LogP contribution in [0, 0.1) is 11.3 Å². The van der Waals surface area contributed by atoms with Crippen molar-refractivity contribution in [2.75, 3.05) is 13.7 Å². The number of ether oxygens (including phenoxy) is 1. The molecule has 4 heteroatoms. The maximum Gasteiger partial charge on any atom is 0.144 e. The average molecular weight is 354 g/mol. The molecule has 0 aliphatic heterocycles. The van der Waals surface area contributed by atoms with Gasteiger partial charge in [0.1, 0.15) is 11.5 Å². The summed E-state index contributed by atoms with van der Waals surface area (Å²) in [6, 6.07) is 5.81. The quantitative estimate of drug-likeness (QED) is 0.877. The number of hydrogen-bond acceptors (Lipinski definition) is 3. The normalized spacial score (nSPS) is 25.6. The van der Waals surface area contributed by atoms with E-state index in [1.165, 1.54) is 0 Å². The third-order valence-corrected chi connectivity index (χ3v) is 5.41. The van der Waals surface area contributed by atoms with Crippen molar-refractivity contribution < 1.29 is 9.53 Å². The summed E-state index contributed by atoms with van der Waals surface area (Å²) in [6.45, 7) is 2.72. The standard InChI is InChI=1S/C17H24BrNO2/c1-12-5-7-17(11-19,8-6-12)16(20)10-13-3-4-15(21-2)14(18)9-13/h3-4,9,12H,5-8,10-11,19H2,1-2H3. The Labute approximate surface area is 135 Å². The molecule has 0 radical (unpaired) electrons. The number of halogens is 1. The summed E-state index contributed by atoms with van der Waals surface area (Å²) in [4.78, 5) is 12.8. The highest BCUT2D eigenvalue weighted by molar-refractivity contribution is 9.10. The zero-order chi connectivity index (χ0) is 15.5. The minimum absolute atomic E-state index is 0.286. The summed E-state index contributed by atoms with van der Waals surface area (Å²) in [7, 11) is 1.64. The molecular formula is C17H24BrNO2. The van der Waals surface area contributed by atoms with Crippen LogP contribution in [0.5, 0.6) is 5.75 Å². The lowest BCUT2D eigenvalue weighted by molar-refractivity contribution is -0.129. The Balaban J connectivity index is 2.11. The molecule has 1 fully saturated rings. The first-order chi connectivity index (χ1) is 10.0. The van der Waals surface area contributed by atoms with E-state index in [1.54, 1.807) is 7.11 Å². The van der Waals surface area contributed by atoms with E-state index < -0.39 is 0 Å². The van der Waals surface area contributed by atoms with Gasteiger partial charge in [0.2, 0.25) is 0 Å². The minimum atomic E-state index is -0.307. The Morgan fingerprint density at radius 1 is 1.43 bits per heavy atom. The molecule has 21 heavy (non-hydrogen) atoms. The van der Waals surface area contributed by atoms with Crippen LogP contribution < -0.4 is 10.5 Å². The topological polar surface area (TPSA) is 52.3 Å². The predicted molar refractivity (Wildman–Crippen MR) is 88.5 cm³/mol. The molecule has 1 aromatic carbocycles. The molecule has 0 heterocycles. The van der Waals surface area contributed by atoms with E-state index in [1.807, 2.05) is 18.2 Å². The Hall–Kier alpha value is -0.870. The lowest BCUT2D eigenvalue weighted by Crippen LogP contribution is -2.42. The van der Waals surface area contributed by atoms with Gasteiger partial charge in [-0.05, 0) is 65.2 Å². The highest BCUT2D eigenvalue weighted by atomic mass is 79.9. The van der Waals surface area contributed by atoms with E-state index in [0.717, 1.165) is 41.5 Å². The summed E-state index contributed by atoms with van der Waals surface area (Å²) in [5.41, 5.74) is 6.67. The van der Waals surface area contributed by atoms with E-state index in [9.17, 15) is 4.79 Å². The molecule has 1 saturated carbocycles. The number of benzene rings is 1. The van der Waals surface area contributed by atoms with Crippen LogP contribution in [0.1, 0.15) is 38.2 Å². The fourth-order valence-electron chi connectivity index (χ4n) is 3.10. The Morgan fingerprint density at radius 3 is 2.62 bits per heavy atom. The summed E-state index contributed by atoms with van der Waals surface area (Å²) in [6.07, 6.45) is 4.53. The molecule has 2 N–H and O–H groups in total. The molecule has 0 saturated heterocycles. The van der Waals surface area contributed by atoms with Crippen molar-refractivity contribution in [2.45, 2.75) is 39.0 Å². The second-order valence-electron chi connectivity index (χ2n) is 6.24. The van der Waals surface area contributed by atoms with Gasteiger partial charge in [-0.3, -0.25) is 4.79 Å². The van der Waals surface area contributed by atoms with Crippen molar-refractivity contribution in [2.24, 2.45) is 17.1 Å². The molecular weight excluding hydrogens is 330 g/mol. The average Bonchev–Trinajstić information content (AvgIpc) is 2.48. The number of ketones is 1. The number of carbonyl (C=O) groups is 1. The van der Waals surface area contributed by atoms with Crippen molar-refractivity contribution in [1.82, 2.24) is 0 Å². The largest absolute Gasteiger partial charge is 0.496 e. The van der Waals surface area contributed by atoms with Gasteiger partial charge in [-0.1, -0.05) is 13.0 Å². The maximum absolute atomic E-state index is 12.8. The molecule has 0 amide bonds. The second kappa shape index (κ2) is 6.93. The lowest BCUT2D eigenvalue weighted by atomic mass is 9.67. The molecule has 116 valence electrons. The van der Waals surface area contributed by atoms with Crippen molar-refractivity contribution in [1.29, 1.82) is 0 Å². The predicted octanol–water partition coefficient (Wildman–Crippen LogP) is 3.72. The van der Waals surface area contributed by atoms with Gasteiger partial charge in [-0.25, -0.2) is 0 Å². The van der Waals surface area contributed by atoms with E-state index >= 15 is 0 Å². The lowest BCUT2D eigenvalue weighted by Gasteiger charge is -2.37. The minimum Gasteiger partial charge on any atom is -0.496 e. The smallest absolute Gasteiger partial charge is 0.144 e. The first kappa shape index (κ1) is 16.5. The zero-order valence-electron chi connectivity index (χ0n) is 12.8. The summed E-state index contributed by atoms with van der Waals surface area (Å²) < 4.78 is 6.11. The highest BCUT2D eigenvalue weighted by Crippen LogP contribution is 2.39. The molecule has 1 aliphatic carbocycles. The van der Waals surface area contributed by atoms with Gasteiger partial charge in [0.25, 0.3) is 0 Å². The third kappa shape index (κ3) is 3.67. The van der Waals surface area contributed by atoms with Gasteiger partial charge < -0.3 is 10.5 Å². The van der Waals surface area contributed by atoms with Crippen LogP contribution in [0.4, 0.5) is 0 Å². The highest BCUT2D eigenvalue weighted by Gasteiger charge is 2.39. The van der Waals surface area contributed by atoms with Gasteiger partial charge >= 0.3 is 0 Å². The Morgan fingerprint density at radius 2 is 2.10 bits per heavy atom. The molecule has 0 atom stereocenters. The van der Waals surface area contributed by atoms with Crippen molar-refractivity contribution in [3.63, 3.8) is 0 Å². The molecule has 0 aromatic heterocycles. The molecule has 3 nitrogen and oxygen atoms in total. The fourth-order valence-corrected chi connectivity index (χ4v) is 3.69. The van der Waals surface area contributed by atoms with Crippen LogP contribution in [0.25, 0.3) is 0 Å². The van der Waals surface area contributed by atoms with E-state index in [0.29, 0.717) is 18.9 Å². The third-order valence-electron chi connectivity index (χ3n) is 4.79. The molecule has 2 rings (SSSR count). The molecule has 1 aromatic rings. The Bertz CT molecular complexity index is 508. The van der Waals surface area contributed by atoms with Crippen molar-refractivity contribution in [3.8, 4) is 5.75 Å². The zero-order valence-corrected chi connectivity index (χ0v) is 14.4. The van der Waals surface area contributed by atoms with Crippen LogP contribution in [-0.4, -0.2) is 19.4 Å². The number of nitrogens with two attached hydrogens (primary N) is 1. The summed E-state index contributed by atoms with van der Waals surface area (Å²) >= 11 is 3.47. The first-order valence-corrected chi connectivity index (χ1v) is 8.36. The first-order valence-electron chi connectivity index (χ1n) is 7.56. The van der Waals surface area contributed by atoms with Gasteiger partial charge in [-0.15, -0.1) is 0 Å². The monoisotopic (exact) mass is 353 g/mol. The SMILES string of the molecule is COc1ccc(CC(=O)C2(CN)CCC(C)CC2)cc1Br. The van der Waals surface area contributed by atoms with E-state index in [4.69, 9.17) is 10.5 Å². The molecule has 1 aliphatic rings. The maximum atomic E-state index is 12.8. The summed E-state index contributed by atoms with van der Waals surface area (Å²) in [5, 5.41) is 0. The van der Waals surface area contributed by atoms with E-state index in [-0.39, 0.29) is 11.2 Å². The van der Waals surface area contributed by atoms with Gasteiger partial charge in [0.05, 0.1) is 11.6 Å². The number of methoxy groups -OCH3 is 1. The molecule has 0 unspecified atom stereocenters. The van der Waals surface area contributed by atoms with E-state index in [2.05, 4.69) is 22.9 Å². The number of rotatable bonds is 5. The summed E-state index contributed by atoms with van der Waals surface area (Å²) in [5.74, 6) is 1.79. The van der Waals surface area contributed by atoms with Crippen LogP contribution in [0.2, 0.25) is 0 Å². The number of Topliss-reactive ketones (excluding diaryl/α,β-unsaturated/α-hetero) is 1. The molecule has 0 spiro atoms. The van der Waals surface area contributed by atoms with Crippen LogP contribution in [0.3, 0.4) is 0 Å². The number of carbonyl (C=O) groups excluding carboxylic acids is 1. The number of hydrogen-bond donors (Lipinski definition) is 1. The van der Waals surface area contributed by atoms with Crippen LogP contribution in [0.15, 0.2) is 22.7 Å². The van der Waals surface area contributed by atoms with Gasteiger partial charge in [-0.2, -0.15) is 0 Å². The van der Waals surface area contributed by atoms with Crippen LogP contribution >= 0.6 is 15.9 Å².